The molecule has 5 rings (SSSR count). The van der Waals surface area contributed by atoms with E-state index in [-0.39, 0.29) is 24.8 Å². The fraction of sp³-hybridized carbons (Fsp3) is 0.400. The molecule has 0 unspecified atom stereocenters. The fourth-order valence-corrected chi connectivity index (χ4v) is 6.57. The Morgan fingerprint density at radius 2 is 1.53 bits per heavy atom. The zero-order valence-electron chi connectivity index (χ0n) is 30.0. The van der Waals surface area contributed by atoms with Gasteiger partial charge in [-0.1, -0.05) is 60.7 Å². The number of nitrogens with one attached hydrogen (secondary N) is 2. The van der Waals surface area contributed by atoms with Crippen molar-refractivity contribution < 1.29 is 48.3 Å². The molecule has 0 spiro atoms. The van der Waals surface area contributed by atoms with Crippen molar-refractivity contribution in [3.8, 4) is 0 Å². The van der Waals surface area contributed by atoms with Gasteiger partial charge in [0.2, 0.25) is 17.6 Å². The number of carbonyl (C=O) groups excluding carboxylic acids is 4. The van der Waals surface area contributed by atoms with Gasteiger partial charge in [0.1, 0.15) is 30.0 Å². The predicted octanol–water partition coefficient (Wildman–Crippen LogP) is 4.30. The summed E-state index contributed by atoms with van der Waals surface area (Å²) in [7, 11) is 0. The number of benzene rings is 3. The van der Waals surface area contributed by atoms with E-state index in [1.54, 1.807) is 51.1 Å². The van der Waals surface area contributed by atoms with Crippen LogP contribution in [0.2, 0.25) is 0 Å². The number of rotatable bonds is 13. The van der Waals surface area contributed by atoms with E-state index < -0.39 is 78.2 Å². The van der Waals surface area contributed by atoms with Crippen LogP contribution in [0.3, 0.4) is 0 Å². The number of fused-ring (bicyclic) bond motifs is 1. The summed E-state index contributed by atoms with van der Waals surface area (Å²) >= 11 is 2.14. The maximum Gasteiger partial charge on any atom is 0.338 e. The standard InChI is InChI=1S/C40H45IN2O10/c1-24(45)34(37(48)42-30(23-44)19-20-33(46)52-39(2,3)4)43-36(47)26-21-31(50-38(49)25-15-17-29(41)18-16-25)35-32(22-26)51-40(53-35,27-11-7-5-8-12-27)28-13-9-6-10-14-28/h5-18,22,24,30-32,34-35,44-45H,19-21,23H2,1-4H3,(H,42,48)(H,43,47)/t24-,30-,31+,32+,34+,35-/m0/s1. The topological polar surface area (TPSA) is 170 Å². The number of hydrogen-bond acceptors (Lipinski definition) is 10. The first-order valence-corrected chi connectivity index (χ1v) is 18.5. The minimum atomic E-state index is -1.43. The highest BCUT2D eigenvalue weighted by Crippen LogP contribution is 2.47. The van der Waals surface area contributed by atoms with E-state index in [2.05, 4.69) is 33.2 Å². The van der Waals surface area contributed by atoms with Crippen LogP contribution in [0.25, 0.3) is 0 Å². The number of aliphatic hydroxyl groups excluding tert-OH is 2. The molecule has 1 aliphatic carbocycles. The van der Waals surface area contributed by atoms with E-state index in [1.165, 1.54) is 6.92 Å². The lowest BCUT2D eigenvalue weighted by Gasteiger charge is -2.32. The third-order valence-electron chi connectivity index (χ3n) is 8.75. The number of carbonyl (C=O) groups is 4. The minimum Gasteiger partial charge on any atom is -0.460 e. The van der Waals surface area contributed by atoms with Crippen LogP contribution in [0.15, 0.2) is 96.6 Å². The van der Waals surface area contributed by atoms with Crippen molar-refractivity contribution in [1.82, 2.24) is 10.6 Å². The van der Waals surface area contributed by atoms with Crippen LogP contribution in [0.5, 0.6) is 0 Å². The molecule has 6 atom stereocenters. The quantitative estimate of drug-likeness (QED) is 0.144. The van der Waals surface area contributed by atoms with E-state index in [1.807, 2.05) is 60.7 Å². The monoisotopic (exact) mass is 840 g/mol. The van der Waals surface area contributed by atoms with Crippen LogP contribution in [0.4, 0.5) is 0 Å². The summed E-state index contributed by atoms with van der Waals surface area (Å²) in [5.41, 5.74) is 1.16. The number of ether oxygens (including phenoxy) is 4. The van der Waals surface area contributed by atoms with Crippen molar-refractivity contribution in [3.05, 3.63) is 117 Å². The summed E-state index contributed by atoms with van der Waals surface area (Å²) < 4.78 is 25.8. The Morgan fingerprint density at radius 1 is 0.925 bits per heavy atom. The van der Waals surface area contributed by atoms with E-state index >= 15 is 0 Å². The fourth-order valence-electron chi connectivity index (χ4n) is 6.21. The molecule has 3 aromatic rings. The summed E-state index contributed by atoms with van der Waals surface area (Å²) in [6.07, 6.45) is -2.52. The lowest BCUT2D eigenvalue weighted by molar-refractivity contribution is -0.157. The summed E-state index contributed by atoms with van der Waals surface area (Å²) in [5, 5.41) is 25.7. The normalized spacial score (nSPS) is 20.9. The van der Waals surface area contributed by atoms with E-state index in [0.29, 0.717) is 16.7 Å². The molecule has 1 aliphatic heterocycles. The van der Waals surface area contributed by atoms with Crippen LogP contribution in [-0.4, -0.2) is 82.7 Å². The summed E-state index contributed by atoms with van der Waals surface area (Å²) in [6, 6.07) is 23.2. The molecule has 4 N–H and O–H groups in total. The highest BCUT2D eigenvalue weighted by molar-refractivity contribution is 14.1. The van der Waals surface area contributed by atoms with Gasteiger partial charge in [-0.3, -0.25) is 14.4 Å². The Morgan fingerprint density at radius 3 is 2.08 bits per heavy atom. The second kappa shape index (κ2) is 17.3. The summed E-state index contributed by atoms with van der Waals surface area (Å²) in [4.78, 5) is 53.0. The molecule has 1 fully saturated rings. The number of esters is 2. The summed E-state index contributed by atoms with van der Waals surface area (Å²) in [6.45, 7) is 6.06. The van der Waals surface area contributed by atoms with Crippen LogP contribution < -0.4 is 10.6 Å². The molecule has 13 heteroatoms. The number of hydrogen-bond donors (Lipinski definition) is 4. The third-order valence-corrected chi connectivity index (χ3v) is 9.47. The SMILES string of the molecule is C[C@H](O)[C@@H](NC(=O)C1=C[C@H]2OC(c3ccccc3)(c3ccccc3)O[C@H]2[C@H](OC(=O)c2ccc(I)cc2)C1)C(=O)N[C@H](CO)CCC(=O)OC(C)(C)C. The Labute approximate surface area is 322 Å². The second-order valence-corrected chi connectivity index (χ2v) is 15.3. The van der Waals surface area contributed by atoms with Crippen molar-refractivity contribution in [2.24, 2.45) is 0 Å². The zero-order valence-corrected chi connectivity index (χ0v) is 32.1. The maximum atomic E-state index is 13.9. The minimum absolute atomic E-state index is 0.0677. The smallest absolute Gasteiger partial charge is 0.338 e. The largest absolute Gasteiger partial charge is 0.460 e. The molecular formula is C40H45IN2O10. The van der Waals surface area contributed by atoms with Crippen LogP contribution in [0, 0.1) is 3.57 Å². The van der Waals surface area contributed by atoms with Gasteiger partial charge in [-0.2, -0.15) is 0 Å². The third kappa shape index (κ3) is 10.1. The van der Waals surface area contributed by atoms with Crippen molar-refractivity contribution in [2.45, 2.75) is 94.8 Å². The van der Waals surface area contributed by atoms with Crippen molar-refractivity contribution in [2.75, 3.05) is 6.61 Å². The molecular weight excluding hydrogens is 795 g/mol. The number of aliphatic hydroxyl groups is 2. The van der Waals surface area contributed by atoms with Gasteiger partial charge in [-0.25, -0.2) is 4.79 Å². The molecule has 0 bridgehead atoms. The Kier molecular flexibility index (Phi) is 13.1. The molecule has 0 radical (unpaired) electrons. The van der Waals surface area contributed by atoms with E-state index in [4.69, 9.17) is 18.9 Å². The van der Waals surface area contributed by atoms with Crippen LogP contribution in [0.1, 0.15) is 68.4 Å². The van der Waals surface area contributed by atoms with Gasteiger partial charge >= 0.3 is 11.9 Å². The van der Waals surface area contributed by atoms with Crippen LogP contribution >= 0.6 is 22.6 Å². The average molecular weight is 841 g/mol. The predicted molar refractivity (Wildman–Crippen MR) is 202 cm³/mol. The van der Waals surface area contributed by atoms with Gasteiger partial charge in [0.05, 0.1) is 24.3 Å². The van der Waals surface area contributed by atoms with Gasteiger partial charge in [-0.05, 0) is 87.0 Å². The Hall–Kier alpha value is -4.15. The maximum absolute atomic E-state index is 13.9. The number of halogens is 1. The molecule has 2 amide bonds. The molecule has 0 aromatic heterocycles. The molecule has 3 aromatic carbocycles. The van der Waals surface area contributed by atoms with Gasteiger partial charge in [0.15, 0.2) is 0 Å². The Balaban J connectivity index is 1.40. The molecule has 1 heterocycles. The highest BCUT2D eigenvalue weighted by atomic mass is 127. The van der Waals surface area contributed by atoms with Gasteiger partial charge in [0.25, 0.3) is 0 Å². The van der Waals surface area contributed by atoms with E-state index in [0.717, 1.165) is 3.57 Å². The van der Waals surface area contributed by atoms with Crippen molar-refractivity contribution in [1.29, 1.82) is 0 Å². The lowest BCUT2D eigenvalue weighted by atomic mass is 9.91. The Bertz CT molecular complexity index is 1740. The first-order valence-electron chi connectivity index (χ1n) is 17.4. The van der Waals surface area contributed by atoms with Crippen molar-refractivity contribution in [3.63, 3.8) is 0 Å². The van der Waals surface area contributed by atoms with Crippen LogP contribution in [-0.2, 0) is 39.1 Å². The number of amides is 2. The molecule has 1 saturated heterocycles. The molecule has 0 saturated carbocycles. The first-order chi connectivity index (χ1) is 25.2. The zero-order chi connectivity index (χ0) is 38.3. The van der Waals surface area contributed by atoms with Gasteiger partial charge in [0, 0.05) is 33.1 Å². The lowest BCUT2D eigenvalue weighted by Crippen LogP contribution is -2.55. The van der Waals surface area contributed by atoms with Gasteiger partial charge in [-0.15, -0.1) is 0 Å². The molecule has 2 aliphatic rings. The first kappa shape index (κ1) is 40.0. The van der Waals surface area contributed by atoms with Crippen molar-refractivity contribution >= 4 is 46.3 Å². The average Bonchev–Trinajstić information content (AvgIpc) is 3.53. The molecule has 282 valence electrons. The van der Waals surface area contributed by atoms with E-state index in [9.17, 15) is 29.4 Å². The second-order valence-electron chi connectivity index (χ2n) is 14.1. The highest BCUT2D eigenvalue weighted by Gasteiger charge is 2.55. The van der Waals surface area contributed by atoms with Gasteiger partial charge < -0.3 is 39.8 Å². The summed E-state index contributed by atoms with van der Waals surface area (Å²) in [5.74, 6) is -3.98. The molecule has 12 nitrogen and oxygen atoms in total. The molecule has 53 heavy (non-hydrogen) atoms.